The molecule has 7 heteroatoms. The van der Waals surface area contributed by atoms with Crippen LogP contribution in [-0.4, -0.2) is 21.1 Å². The maximum atomic E-state index is 11.8. The van der Waals surface area contributed by atoms with Crippen molar-refractivity contribution in [3.05, 3.63) is 55.1 Å². The number of aryl methyl sites for hydroxylation is 1. The molecule has 1 aromatic heterocycles. The average molecular weight is 325 g/mol. The van der Waals surface area contributed by atoms with Crippen LogP contribution in [0, 0.1) is 11.7 Å². The minimum atomic E-state index is -0.331. The van der Waals surface area contributed by atoms with E-state index in [1.54, 1.807) is 13.1 Å². The summed E-state index contributed by atoms with van der Waals surface area (Å²) in [5.41, 5.74) is 0.836. The molecule has 0 unspecified atom stereocenters. The van der Waals surface area contributed by atoms with Crippen molar-refractivity contribution in [2.75, 3.05) is 0 Å². The Bertz CT molecular complexity index is 719. The number of aromatic amines is 1. The highest BCUT2D eigenvalue weighted by Crippen LogP contribution is 2.13. The molecule has 1 heterocycles. The van der Waals surface area contributed by atoms with Gasteiger partial charge >= 0.3 is 0 Å². The van der Waals surface area contributed by atoms with Gasteiger partial charge in [0.1, 0.15) is 5.69 Å². The molecule has 0 spiro atoms. The summed E-state index contributed by atoms with van der Waals surface area (Å²) in [7, 11) is 0. The summed E-state index contributed by atoms with van der Waals surface area (Å²) < 4.78 is 2.16. The Kier molecular flexibility index (Phi) is 3.83. The molecule has 1 N–H and O–H groups in total. The Morgan fingerprint density at radius 2 is 2.22 bits per heavy atom. The highest BCUT2D eigenvalue weighted by Gasteiger charge is 2.01. The fourth-order valence-corrected chi connectivity index (χ4v) is 1.84. The van der Waals surface area contributed by atoms with E-state index in [2.05, 4.69) is 31.2 Å². The van der Waals surface area contributed by atoms with Crippen molar-refractivity contribution >= 4 is 34.4 Å². The van der Waals surface area contributed by atoms with Crippen LogP contribution in [0.3, 0.4) is 0 Å². The van der Waals surface area contributed by atoms with Gasteiger partial charge in [-0.05, 0) is 25.2 Å². The van der Waals surface area contributed by atoms with Crippen LogP contribution in [0.2, 0.25) is 0 Å². The number of nitrogens with one attached hydrogen (secondary N) is 1. The van der Waals surface area contributed by atoms with Gasteiger partial charge in [-0.1, -0.05) is 34.1 Å². The van der Waals surface area contributed by atoms with Crippen LogP contribution in [0.1, 0.15) is 11.3 Å². The lowest BCUT2D eigenvalue weighted by Crippen LogP contribution is -2.22. The molecule has 5 nitrogen and oxygen atoms in total. The van der Waals surface area contributed by atoms with Crippen molar-refractivity contribution < 1.29 is 0 Å². The van der Waals surface area contributed by atoms with Gasteiger partial charge < -0.3 is 0 Å². The molecule has 0 aliphatic rings. The number of hydrogen-bond donors (Lipinski definition) is 1. The monoisotopic (exact) mass is 324 g/mol. The first-order valence-electron chi connectivity index (χ1n) is 5.07. The lowest BCUT2D eigenvalue weighted by molar-refractivity contribution is 0.720. The van der Waals surface area contributed by atoms with E-state index < -0.39 is 0 Å². The minimum Gasteiger partial charge on any atom is -0.265 e. The van der Waals surface area contributed by atoms with Crippen molar-refractivity contribution in [2.45, 2.75) is 6.92 Å². The van der Waals surface area contributed by atoms with Gasteiger partial charge in [0, 0.05) is 10.0 Å². The molecule has 0 fully saturated rings. The van der Waals surface area contributed by atoms with Crippen molar-refractivity contribution in [1.82, 2.24) is 14.9 Å². The molecule has 0 saturated carbocycles. The molecule has 0 saturated heterocycles. The van der Waals surface area contributed by atoms with E-state index in [1.807, 2.05) is 24.3 Å². The summed E-state index contributed by atoms with van der Waals surface area (Å²) in [5.74, 6) is 0. The highest BCUT2D eigenvalue weighted by atomic mass is 79.9. The van der Waals surface area contributed by atoms with Gasteiger partial charge in [-0.15, -0.1) is 0 Å². The van der Waals surface area contributed by atoms with Gasteiger partial charge in [-0.2, -0.15) is 14.9 Å². The SMILES string of the molecule is Cc1n[nH]c(=S)n(/N=C/c2ccccc2Br)c1=O. The van der Waals surface area contributed by atoms with E-state index >= 15 is 0 Å². The van der Waals surface area contributed by atoms with Crippen LogP contribution in [0.25, 0.3) is 0 Å². The second-order valence-corrected chi connectivity index (χ2v) is 4.74. The molecular weight excluding hydrogens is 316 g/mol. The Morgan fingerprint density at radius 1 is 1.50 bits per heavy atom. The Labute approximate surface area is 116 Å². The van der Waals surface area contributed by atoms with Gasteiger partial charge in [0.2, 0.25) is 4.77 Å². The molecule has 0 bridgehead atoms. The van der Waals surface area contributed by atoms with E-state index in [1.165, 1.54) is 0 Å². The smallest absolute Gasteiger partial charge is 0.265 e. The molecule has 1 aromatic carbocycles. The van der Waals surface area contributed by atoms with Crippen LogP contribution in [0.4, 0.5) is 0 Å². The molecule has 92 valence electrons. The first kappa shape index (κ1) is 12.8. The maximum absolute atomic E-state index is 11.8. The first-order valence-corrected chi connectivity index (χ1v) is 6.27. The number of benzene rings is 1. The van der Waals surface area contributed by atoms with Crippen molar-refractivity contribution in [1.29, 1.82) is 0 Å². The molecule has 0 radical (unpaired) electrons. The lowest BCUT2D eigenvalue weighted by Gasteiger charge is -2.00. The predicted octanol–water partition coefficient (Wildman–Crippen LogP) is 2.25. The average Bonchev–Trinajstić information content (AvgIpc) is 2.36. The van der Waals surface area contributed by atoms with Crippen LogP contribution in [-0.2, 0) is 0 Å². The summed E-state index contributed by atoms with van der Waals surface area (Å²) in [6.07, 6.45) is 1.56. The van der Waals surface area contributed by atoms with Gasteiger partial charge in [-0.3, -0.25) is 9.89 Å². The number of nitrogens with zero attached hydrogens (tertiary/aromatic N) is 3. The maximum Gasteiger partial charge on any atom is 0.296 e. The zero-order valence-electron chi connectivity index (χ0n) is 9.42. The minimum absolute atomic E-state index is 0.161. The third kappa shape index (κ3) is 2.62. The van der Waals surface area contributed by atoms with Crippen molar-refractivity contribution in [3.63, 3.8) is 0 Å². The number of rotatable bonds is 2. The molecule has 18 heavy (non-hydrogen) atoms. The van der Waals surface area contributed by atoms with E-state index in [9.17, 15) is 4.79 Å². The highest BCUT2D eigenvalue weighted by molar-refractivity contribution is 9.10. The molecule has 2 aromatic rings. The summed E-state index contributed by atoms with van der Waals surface area (Å²) >= 11 is 8.36. The Hall–Kier alpha value is -1.60. The van der Waals surface area contributed by atoms with E-state index in [0.717, 1.165) is 14.7 Å². The molecule has 0 aliphatic carbocycles. The zero-order valence-corrected chi connectivity index (χ0v) is 11.8. The van der Waals surface area contributed by atoms with E-state index in [4.69, 9.17) is 12.2 Å². The third-order valence-corrected chi connectivity index (χ3v) is 3.22. The van der Waals surface area contributed by atoms with Gasteiger partial charge in [0.05, 0.1) is 6.21 Å². The molecule has 0 atom stereocenters. The number of aromatic nitrogens is 3. The fraction of sp³-hybridized carbons (Fsp3) is 0.0909. The summed E-state index contributed by atoms with van der Waals surface area (Å²) in [6.45, 7) is 1.60. The zero-order chi connectivity index (χ0) is 13.1. The van der Waals surface area contributed by atoms with Crippen molar-refractivity contribution in [2.24, 2.45) is 5.10 Å². The summed E-state index contributed by atoms with van der Waals surface area (Å²) in [6, 6.07) is 7.55. The lowest BCUT2D eigenvalue weighted by atomic mass is 10.2. The topological polar surface area (TPSA) is 63.0 Å². The van der Waals surface area contributed by atoms with Crippen LogP contribution in [0.5, 0.6) is 0 Å². The number of halogens is 1. The van der Waals surface area contributed by atoms with Gasteiger partial charge in [0.25, 0.3) is 5.56 Å². The Balaban J connectivity index is 2.48. The number of H-pyrrole nitrogens is 1. The predicted molar refractivity (Wildman–Crippen MR) is 75.6 cm³/mol. The molecule has 2 rings (SSSR count). The Morgan fingerprint density at radius 3 is 2.94 bits per heavy atom. The quantitative estimate of drug-likeness (QED) is 0.680. The second-order valence-electron chi connectivity index (χ2n) is 3.50. The fourth-order valence-electron chi connectivity index (χ4n) is 1.28. The summed E-state index contributed by atoms with van der Waals surface area (Å²) in [4.78, 5) is 11.8. The summed E-state index contributed by atoms with van der Waals surface area (Å²) in [5, 5.41) is 10.4. The molecule has 0 amide bonds. The number of hydrogen-bond acceptors (Lipinski definition) is 4. The van der Waals surface area contributed by atoms with E-state index in [0.29, 0.717) is 5.69 Å². The standard InChI is InChI=1S/C11H9BrN4OS/c1-7-10(17)16(11(18)15-14-7)13-6-8-4-2-3-5-9(8)12/h2-6H,1H3,(H,15,18)/b13-6+. The van der Waals surface area contributed by atoms with Crippen LogP contribution >= 0.6 is 28.1 Å². The van der Waals surface area contributed by atoms with E-state index in [-0.39, 0.29) is 10.3 Å². The van der Waals surface area contributed by atoms with Crippen LogP contribution in [0.15, 0.2) is 38.6 Å². The normalized spacial score (nSPS) is 11.0. The third-order valence-electron chi connectivity index (χ3n) is 2.23. The van der Waals surface area contributed by atoms with Crippen molar-refractivity contribution in [3.8, 4) is 0 Å². The second kappa shape index (κ2) is 5.36. The largest absolute Gasteiger partial charge is 0.296 e. The first-order chi connectivity index (χ1) is 8.59. The van der Waals surface area contributed by atoms with Crippen LogP contribution < -0.4 is 5.56 Å². The van der Waals surface area contributed by atoms with Gasteiger partial charge in [-0.25, -0.2) is 0 Å². The molecule has 0 aliphatic heterocycles. The van der Waals surface area contributed by atoms with Gasteiger partial charge in [0.15, 0.2) is 0 Å². The molecular formula is C11H9BrN4OS.